The lowest BCUT2D eigenvalue weighted by atomic mass is 9.88. The zero-order valence-electron chi connectivity index (χ0n) is 20.4. The van der Waals surface area contributed by atoms with Crippen LogP contribution in [0.3, 0.4) is 0 Å². The van der Waals surface area contributed by atoms with E-state index in [1.54, 1.807) is 36.1 Å². The summed E-state index contributed by atoms with van der Waals surface area (Å²) in [5.74, 6) is 0.802. The Hall–Kier alpha value is -4.44. The van der Waals surface area contributed by atoms with Crippen molar-refractivity contribution in [3.8, 4) is 33.2 Å². The van der Waals surface area contributed by atoms with Crippen molar-refractivity contribution in [2.75, 3.05) is 5.32 Å². The molecule has 7 rings (SSSR count). The van der Waals surface area contributed by atoms with Crippen molar-refractivity contribution in [1.82, 2.24) is 35.1 Å². The molecule has 0 bridgehead atoms. The van der Waals surface area contributed by atoms with Crippen LogP contribution in [0.15, 0.2) is 60.5 Å². The number of hydrogen-bond donors (Lipinski definition) is 3. The number of nitrogens with one attached hydrogen (secondary N) is 3. The van der Waals surface area contributed by atoms with Crippen molar-refractivity contribution in [2.45, 2.75) is 32.1 Å². The number of H-pyrrole nitrogens is 2. The van der Waals surface area contributed by atoms with Gasteiger partial charge >= 0.3 is 0 Å². The normalized spacial score (nSPS) is 14.3. The molecule has 6 aromatic heterocycles. The summed E-state index contributed by atoms with van der Waals surface area (Å²) in [5.41, 5.74) is 6.31. The monoisotopic (exact) mass is 520 g/mol. The number of nitrogens with zero attached hydrogens (tertiary/aromatic N) is 5. The molecule has 1 aliphatic carbocycles. The summed E-state index contributed by atoms with van der Waals surface area (Å²) in [5, 5.41) is 13.5. The van der Waals surface area contributed by atoms with Crippen molar-refractivity contribution in [3.05, 3.63) is 60.5 Å². The van der Waals surface area contributed by atoms with Crippen LogP contribution in [0.25, 0.3) is 55.3 Å². The molecule has 188 valence electrons. The van der Waals surface area contributed by atoms with E-state index in [4.69, 9.17) is 4.98 Å². The molecule has 0 aliphatic heterocycles. The SMILES string of the molecule is O=C(Nc1cncc(-c2cnc3[nH]nc(-c4nc5c(-c6cccs6)nccc5[nH]4)c3c2)c1)C1CCCCC1. The number of carbonyl (C=O) groups excluding carboxylic acids is 1. The molecular formula is C28H24N8OS. The number of carbonyl (C=O) groups is 1. The number of pyridine rings is 3. The Kier molecular flexibility index (Phi) is 5.66. The van der Waals surface area contributed by atoms with Gasteiger partial charge in [-0.25, -0.2) is 9.97 Å². The number of hydrogen-bond acceptors (Lipinski definition) is 7. The van der Waals surface area contributed by atoms with Crippen molar-refractivity contribution >= 4 is 45.0 Å². The highest BCUT2D eigenvalue weighted by Crippen LogP contribution is 2.33. The second kappa shape index (κ2) is 9.46. The third kappa shape index (κ3) is 4.12. The van der Waals surface area contributed by atoms with Gasteiger partial charge in [-0.2, -0.15) is 5.10 Å². The van der Waals surface area contributed by atoms with Crippen LogP contribution in [0.2, 0.25) is 0 Å². The van der Waals surface area contributed by atoms with E-state index in [-0.39, 0.29) is 11.8 Å². The number of aromatic nitrogens is 7. The first-order valence-corrected chi connectivity index (χ1v) is 13.6. The summed E-state index contributed by atoms with van der Waals surface area (Å²) in [7, 11) is 0. The maximum Gasteiger partial charge on any atom is 0.227 e. The molecule has 0 radical (unpaired) electrons. The molecule has 9 nitrogen and oxygen atoms in total. The fourth-order valence-electron chi connectivity index (χ4n) is 5.16. The van der Waals surface area contributed by atoms with E-state index in [0.29, 0.717) is 22.9 Å². The van der Waals surface area contributed by atoms with E-state index >= 15 is 0 Å². The van der Waals surface area contributed by atoms with Crippen molar-refractivity contribution in [2.24, 2.45) is 5.92 Å². The number of imidazole rings is 1. The summed E-state index contributed by atoms with van der Waals surface area (Å²) in [6.45, 7) is 0. The zero-order valence-corrected chi connectivity index (χ0v) is 21.3. The van der Waals surface area contributed by atoms with Crippen molar-refractivity contribution < 1.29 is 4.79 Å². The number of amides is 1. The van der Waals surface area contributed by atoms with Crippen LogP contribution in [0.4, 0.5) is 5.69 Å². The molecule has 0 unspecified atom stereocenters. The summed E-state index contributed by atoms with van der Waals surface area (Å²) in [4.78, 5) is 35.6. The number of aromatic amines is 2. The van der Waals surface area contributed by atoms with Gasteiger partial charge in [0.15, 0.2) is 11.5 Å². The van der Waals surface area contributed by atoms with Gasteiger partial charge in [-0.15, -0.1) is 11.3 Å². The lowest BCUT2D eigenvalue weighted by molar-refractivity contribution is -0.120. The van der Waals surface area contributed by atoms with Gasteiger partial charge in [-0.05, 0) is 42.5 Å². The number of anilines is 1. The minimum atomic E-state index is 0.0793. The average molecular weight is 521 g/mol. The average Bonchev–Trinajstić information content (AvgIpc) is 3.73. The molecule has 1 fully saturated rings. The van der Waals surface area contributed by atoms with Gasteiger partial charge in [-0.3, -0.25) is 19.9 Å². The molecule has 38 heavy (non-hydrogen) atoms. The molecule has 0 aromatic carbocycles. The highest BCUT2D eigenvalue weighted by molar-refractivity contribution is 7.13. The predicted molar refractivity (Wildman–Crippen MR) is 149 cm³/mol. The first-order chi connectivity index (χ1) is 18.7. The van der Waals surface area contributed by atoms with Gasteiger partial charge < -0.3 is 10.3 Å². The van der Waals surface area contributed by atoms with E-state index in [0.717, 1.165) is 63.8 Å². The smallest absolute Gasteiger partial charge is 0.227 e. The van der Waals surface area contributed by atoms with Gasteiger partial charge in [0.2, 0.25) is 5.91 Å². The largest absolute Gasteiger partial charge is 0.336 e. The van der Waals surface area contributed by atoms with Gasteiger partial charge in [0.1, 0.15) is 16.9 Å². The summed E-state index contributed by atoms with van der Waals surface area (Å²) >= 11 is 1.63. The van der Waals surface area contributed by atoms with Gasteiger partial charge in [0.25, 0.3) is 0 Å². The van der Waals surface area contributed by atoms with Crippen LogP contribution in [0, 0.1) is 5.92 Å². The first kappa shape index (κ1) is 22.7. The molecule has 1 aliphatic rings. The van der Waals surface area contributed by atoms with E-state index < -0.39 is 0 Å². The molecule has 6 aromatic rings. The van der Waals surface area contributed by atoms with Gasteiger partial charge in [0.05, 0.1) is 27.7 Å². The molecule has 1 saturated carbocycles. The fourth-order valence-corrected chi connectivity index (χ4v) is 5.88. The fraction of sp³-hybridized carbons (Fsp3) is 0.214. The van der Waals surface area contributed by atoms with Crippen LogP contribution >= 0.6 is 11.3 Å². The second-order valence-electron chi connectivity index (χ2n) is 9.60. The molecular weight excluding hydrogens is 496 g/mol. The zero-order chi connectivity index (χ0) is 25.5. The quantitative estimate of drug-likeness (QED) is 0.248. The Balaban J connectivity index is 1.23. The standard InChI is InChI=1S/C28H24N8OS/c37-28(16-5-2-1-3-6-16)32-19-11-17(13-29-15-19)18-12-20-23(35-36-26(20)31-14-18)27-33-21-8-9-30-25(24(21)34-27)22-7-4-10-38-22/h4,7-16H,1-3,5-6H2,(H,32,37)(H,33,34)(H,31,35,36). The predicted octanol–water partition coefficient (Wildman–Crippen LogP) is 6.21. The third-order valence-electron chi connectivity index (χ3n) is 7.11. The molecule has 0 atom stereocenters. The number of thiophene rings is 1. The Morgan fingerprint density at radius 2 is 1.89 bits per heavy atom. The number of fused-ring (bicyclic) bond motifs is 2. The lowest BCUT2D eigenvalue weighted by Gasteiger charge is -2.20. The first-order valence-electron chi connectivity index (χ1n) is 12.7. The summed E-state index contributed by atoms with van der Waals surface area (Å²) in [6.07, 6.45) is 12.4. The Labute approximate surface area is 221 Å². The molecule has 0 spiro atoms. The van der Waals surface area contributed by atoms with E-state index in [9.17, 15) is 4.79 Å². The van der Waals surface area contributed by atoms with Crippen LogP contribution in [-0.2, 0) is 4.79 Å². The van der Waals surface area contributed by atoms with Crippen LogP contribution < -0.4 is 5.32 Å². The summed E-state index contributed by atoms with van der Waals surface area (Å²) in [6, 6.07) is 9.93. The molecule has 0 saturated heterocycles. The minimum absolute atomic E-state index is 0.0793. The molecule has 1 amide bonds. The lowest BCUT2D eigenvalue weighted by Crippen LogP contribution is -2.24. The Bertz CT molecular complexity index is 1760. The van der Waals surface area contributed by atoms with E-state index in [2.05, 4.69) is 35.5 Å². The highest BCUT2D eigenvalue weighted by atomic mass is 32.1. The van der Waals surface area contributed by atoms with Gasteiger partial charge in [0, 0.05) is 35.6 Å². The number of rotatable bonds is 5. The molecule has 3 N–H and O–H groups in total. The molecule has 10 heteroatoms. The second-order valence-corrected chi connectivity index (χ2v) is 10.5. The topological polar surface area (TPSA) is 125 Å². The molecule has 6 heterocycles. The van der Waals surface area contributed by atoms with Crippen molar-refractivity contribution in [3.63, 3.8) is 0 Å². The maximum atomic E-state index is 12.8. The van der Waals surface area contributed by atoms with Crippen LogP contribution in [0.1, 0.15) is 32.1 Å². The third-order valence-corrected chi connectivity index (χ3v) is 7.99. The van der Waals surface area contributed by atoms with Crippen LogP contribution in [0.5, 0.6) is 0 Å². The minimum Gasteiger partial charge on any atom is -0.336 e. The maximum absolute atomic E-state index is 12.8. The van der Waals surface area contributed by atoms with Gasteiger partial charge in [-0.1, -0.05) is 25.3 Å². The summed E-state index contributed by atoms with van der Waals surface area (Å²) < 4.78 is 0. The Morgan fingerprint density at radius 3 is 2.76 bits per heavy atom. The van der Waals surface area contributed by atoms with Crippen LogP contribution in [-0.4, -0.2) is 41.0 Å². The van der Waals surface area contributed by atoms with E-state index in [1.165, 1.54) is 6.42 Å². The van der Waals surface area contributed by atoms with E-state index in [1.807, 2.05) is 35.7 Å². The highest BCUT2D eigenvalue weighted by Gasteiger charge is 2.21. The Morgan fingerprint density at radius 1 is 1.00 bits per heavy atom. The van der Waals surface area contributed by atoms with Crippen molar-refractivity contribution in [1.29, 1.82) is 0 Å².